The number of aliphatic hydroxyl groups is 1. The van der Waals surface area contributed by atoms with E-state index in [4.69, 9.17) is 4.42 Å². The maximum absolute atomic E-state index is 11.9. The van der Waals surface area contributed by atoms with E-state index >= 15 is 0 Å². The predicted octanol–water partition coefficient (Wildman–Crippen LogP) is 1.48. The molecule has 23 heavy (non-hydrogen) atoms. The number of benzene rings is 1. The van der Waals surface area contributed by atoms with Crippen LogP contribution >= 0.6 is 0 Å². The SMILES string of the molecule is CC(NC(=O)C(=O)NCC(C)(O)c1ccco1)c1ccccc1. The summed E-state index contributed by atoms with van der Waals surface area (Å²) in [5, 5.41) is 15.2. The van der Waals surface area contributed by atoms with Gasteiger partial charge >= 0.3 is 11.8 Å². The molecule has 2 amide bonds. The summed E-state index contributed by atoms with van der Waals surface area (Å²) in [6.45, 7) is 3.16. The van der Waals surface area contributed by atoms with Crippen molar-refractivity contribution in [1.29, 1.82) is 0 Å². The molecule has 0 aliphatic rings. The van der Waals surface area contributed by atoms with Gasteiger partial charge in [-0.1, -0.05) is 30.3 Å². The third-order valence-corrected chi connectivity index (χ3v) is 3.50. The first-order chi connectivity index (χ1) is 10.9. The fourth-order valence-corrected chi connectivity index (χ4v) is 2.09. The monoisotopic (exact) mass is 316 g/mol. The van der Waals surface area contributed by atoms with E-state index in [1.807, 2.05) is 30.3 Å². The number of furan rings is 1. The van der Waals surface area contributed by atoms with Gasteiger partial charge in [-0.3, -0.25) is 9.59 Å². The summed E-state index contributed by atoms with van der Waals surface area (Å²) >= 11 is 0. The molecule has 6 heteroatoms. The summed E-state index contributed by atoms with van der Waals surface area (Å²) < 4.78 is 5.11. The van der Waals surface area contributed by atoms with Crippen molar-refractivity contribution in [2.75, 3.05) is 6.54 Å². The first kappa shape index (κ1) is 16.8. The lowest BCUT2D eigenvalue weighted by molar-refractivity contribution is -0.140. The van der Waals surface area contributed by atoms with E-state index in [1.54, 1.807) is 19.1 Å². The van der Waals surface area contributed by atoms with E-state index in [9.17, 15) is 14.7 Å². The van der Waals surface area contributed by atoms with Gasteiger partial charge in [0.2, 0.25) is 0 Å². The van der Waals surface area contributed by atoms with Crippen LogP contribution in [0.25, 0.3) is 0 Å². The minimum Gasteiger partial charge on any atom is -0.466 e. The van der Waals surface area contributed by atoms with Gasteiger partial charge in [-0.25, -0.2) is 0 Å². The van der Waals surface area contributed by atoms with Crippen LogP contribution in [-0.2, 0) is 15.2 Å². The molecule has 0 radical (unpaired) electrons. The van der Waals surface area contributed by atoms with Crippen LogP contribution in [0.3, 0.4) is 0 Å². The molecule has 3 N–H and O–H groups in total. The number of amides is 2. The van der Waals surface area contributed by atoms with Gasteiger partial charge in [0.1, 0.15) is 11.4 Å². The second-order valence-electron chi connectivity index (χ2n) is 5.54. The van der Waals surface area contributed by atoms with Gasteiger partial charge in [-0.2, -0.15) is 0 Å². The number of hydrogen-bond donors (Lipinski definition) is 3. The summed E-state index contributed by atoms with van der Waals surface area (Å²) in [5.74, 6) is -1.24. The van der Waals surface area contributed by atoms with Gasteiger partial charge in [0.25, 0.3) is 0 Å². The molecule has 0 aliphatic heterocycles. The van der Waals surface area contributed by atoms with Gasteiger partial charge in [-0.15, -0.1) is 0 Å². The van der Waals surface area contributed by atoms with Crippen LogP contribution < -0.4 is 10.6 Å². The molecule has 1 aromatic heterocycles. The minimum absolute atomic E-state index is 0.132. The van der Waals surface area contributed by atoms with Gasteiger partial charge in [0.05, 0.1) is 18.8 Å². The summed E-state index contributed by atoms with van der Waals surface area (Å²) in [6, 6.07) is 12.3. The molecule has 122 valence electrons. The average Bonchev–Trinajstić information content (AvgIpc) is 3.08. The first-order valence-corrected chi connectivity index (χ1v) is 7.30. The first-order valence-electron chi connectivity index (χ1n) is 7.30. The Labute approximate surface area is 134 Å². The molecule has 2 atom stereocenters. The van der Waals surface area contributed by atoms with Crippen molar-refractivity contribution < 1.29 is 19.1 Å². The summed E-state index contributed by atoms with van der Waals surface area (Å²) in [7, 11) is 0. The Kier molecular flexibility index (Phi) is 5.18. The standard InChI is InChI=1S/C17H20N2O4/c1-12(13-7-4-3-5-8-13)19-16(21)15(20)18-11-17(2,22)14-9-6-10-23-14/h3-10,12,22H,11H2,1-2H3,(H,18,20)(H,19,21). The zero-order chi connectivity index (χ0) is 16.9. The fraction of sp³-hybridized carbons (Fsp3) is 0.294. The highest BCUT2D eigenvalue weighted by Gasteiger charge is 2.28. The molecule has 2 rings (SSSR count). The van der Waals surface area contributed by atoms with Crippen molar-refractivity contribution in [3.8, 4) is 0 Å². The topological polar surface area (TPSA) is 91.6 Å². The largest absolute Gasteiger partial charge is 0.466 e. The van der Waals surface area contributed by atoms with Crippen LogP contribution in [0, 0.1) is 0 Å². The lowest BCUT2D eigenvalue weighted by Crippen LogP contribution is -2.45. The average molecular weight is 316 g/mol. The lowest BCUT2D eigenvalue weighted by atomic mass is 10.0. The zero-order valence-corrected chi connectivity index (χ0v) is 13.1. The molecule has 1 aromatic carbocycles. The summed E-state index contributed by atoms with van der Waals surface area (Å²) in [5.41, 5.74) is -0.485. The molecule has 0 fully saturated rings. The molecule has 0 spiro atoms. The Morgan fingerprint density at radius 3 is 2.48 bits per heavy atom. The van der Waals surface area contributed by atoms with E-state index in [-0.39, 0.29) is 12.6 Å². The number of carbonyl (C=O) groups is 2. The van der Waals surface area contributed by atoms with Crippen LogP contribution in [0.2, 0.25) is 0 Å². The van der Waals surface area contributed by atoms with E-state index in [1.165, 1.54) is 13.2 Å². The van der Waals surface area contributed by atoms with Crippen LogP contribution in [0.1, 0.15) is 31.2 Å². The highest BCUT2D eigenvalue weighted by atomic mass is 16.4. The van der Waals surface area contributed by atoms with Crippen LogP contribution in [-0.4, -0.2) is 23.5 Å². The van der Waals surface area contributed by atoms with Crippen molar-refractivity contribution in [2.24, 2.45) is 0 Å². The lowest BCUT2D eigenvalue weighted by Gasteiger charge is -2.21. The quantitative estimate of drug-likeness (QED) is 0.729. The normalized spacial score (nSPS) is 14.6. The molecule has 0 bridgehead atoms. The Balaban J connectivity index is 1.87. The van der Waals surface area contributed by atoms with Crippen LogP contribution in [0.4, 0.5) is 0 Å². The molecule has 2 unspecified atom stereocenters. The smallest absolute Gasteiger partial charge is 0.309 e. The van der Waals surface area contributed by atoms with Crippen molar-refractivity contribution in [1.82, 2.24) is 10.6 Å². The van der Waals surface area contributed by atoms with Crippen molar-refractivity contribution in [3.63, 3.8) is 0 Å². The highest BCUT2D eigenvalue weighted by molar-refractivity contribution is 6.35. The molecule has 0 aliphatic carbocycles. The van der Waals surface area contributed by atoms with Gasteiger partial charge in [0, 0.05) is 0 Å². The predicted molar refractivity (Wildman–Crippen MR) is 84.3 cm³/mol. The van der Waals surface area contributed by atoms with Crippen molar-refractivity contribution >= 4 is 11.8 Å². The fourth-order valence-electron chi connectivity index (χ4n) is 2.09. The zero-order valence-electron chi connectivity index (χ0n) is 13.1. The van der Waals surface area contributed by atoms with E-state index in [0.717, 1.165) is 5.56 Å². The molecule has 6 nitrogen and oxygen atoms in total. The number of rotatable bonds is 5. The molecular weight excluding hydrogens is 296 g/mol. The molecule has 0 saturated heterocycles. The second-order valence-corrected chi connectivity index (χ2v) is 5.54. The maximum atomic E-state index is 11.9. The van der Waals surface area contributed by atoms with Crippen molar-refractivity contribution in [2.45, 2.75) is 25.5 Å². The molecule has 2 aromatic rings. The van der Waals surface area contributed by atoms with Gasteiger partial charge < -0.3 is 20.2 Å². The number of carbonyl (C=O) groups excluding carboxylic acids is 2. The Morgan fingerprint density at radius 2 is 1.87 bits per heavy atom. The number of nitrogens with one attached hydrogen (secondary N) is 2. The Hall–Kier alpha value is -2.60. The highest BCUT2D eigenvalue weighted by Crippen LogP contribution is 2.19. The number of hydrogen-bond acceptors (Lipinski definition) is 4. The summed E-state index contributed by atoms with van der Waals surface area (Å²) in [6.07, 6.45) is 1.43. The molecular formula is C17H20N2O4. The van der Waals surface area contributed by atoms with E-state index in [2.05, 4.69) is 10.6 Å². The second kappa shape index (κ2) is 7.11. The third kappa shape index (κ3) is 4.43. The minimum atomic E-state index is -1.38. The maximum Gasteiger partial charge on any atom is 0.309 e. The summed E-state index contributed by atoms with van der Waals surface area (Å²) in [4.78, 5) is 23.8. The Morgan fingerprint density at radius 1 is 1.17 bits per heavy atom. The van der Waals surface area contributed by atoms with Crippen molar-refractivity contribution in [3.05, 3.63) is 60.1 Å². The van der Waals surface area contributed by atoms with E-state index in [0.29, 0.717) is 5.76 Å². The molecule has 0 saturated carbocycles. The van der Waals surface area contributed by atoms with E-state index < -0.39 is 17.4 Å². The molecule has 1 heterocycles. The Bertz CT molecular complexity index is 650. The van der Waals surface area contributed by atoms with Gasteiger partial charge in [-0.05, 0) is 31.5 Å². The van der Waals surface area contributed by atoms with Crippen LogP contribution in [0.5, 0.6) is 0 Å². The van der Waals surface area contributed by atoms with Gasteiger partial charge in [0.15, 0.2) is 0 Å². The van der Waals surface area contributed by atoms with Crippen LogP contribution in [0.15, 0.2) is 53.1 Å². The third-order valence-electron chi connectivity index (χ3n) is 3.50.